The van der Waals surface area contributed by atoms with Gasteiger partial charge in [-0.2, -0.15) is 4.68 Å². The first kappa shape index (κ1) is 14.7. The quantitative estimate of drug-likeness (QED) is 0.554. The third kappa shape index (κ3) is 1.99. The Hall–Kier alpha value is -2.67. The highest BCUT2D eigenvalue weighted by Gasteiger charge is 2.37. The van der Waals surface area contributed by atoms with Gasteiger partial charge in [0, 0.05) is 18.0 Å². The monoisotopic (exact) mass is 354 g/mol. The van der Waals surface area contributed by atoms with Gasteiger partial charge >= 0.3 is 0 Å². The largest absolute Gasteiger partial charge is 0.294 e. The molecule has 3 heterocycles. The average Bonchev–Trinajstić information content (AvgIpc) is 3.02. The van der Waals surface area contributed by atoms with Gasteiger partial charge in [-0.25, -0.2) is 4.98 Å². The molecule has 4 aromatic rings. The molecule has 0 radical (unpaired) electrons. The van der Waals surface area contributed by atoms with Crippen molar-refractivity contribution in [3.8, 4) is 5.82 Å². The summed E-state index contributed by atoms with van der Waals surface area (Å²) in [4.78, 5) is 17.4. The molecule has 2 atom stereocenters. The van der Waals surface area contributed by atoms with Crippen LogP contribution in [0.5, 0.6) is 0 Å². The fraction of sp³-hybridized carbons (Fsp3) is 0.294. The maximum Gasteiger partial charge on any atom is 0.261 e. The van der Waals surface area contributed by atoms with Gasteiger partial charge in [-0.15, -0.1) is 5.10 Å². The van der Waals surface area contributed by atoms with Crippen LogP contribution in [-0.2, 0) is 7.05 Å². The molecule has 0 spiro atoms. The summed E-state index contributed by atoms with van der Waals surface area (Å²) in [6.45, 7) is 2.21. The lowest BCUT2D eigenvalue weighted by atomic mass is 10.2. The summed E-state index contributed by atoms with van der Waals surface area (Å²) in [5.41, 5.74) is 2.37. The predicted octanol–water partition coefficient (Wildman–Crippen LogP) is 2.54. The highest BCUT2D eigenvalue weighted by atomic mass is 35.5. The maximum absolute atomic E-state index is 12.8. The van der Waals surface area contributed by atoms with E-state index in [1.54, 1.807) is 41.0 Å². The number of rotatable bonds is 2. The van der Waals surface area contributed by atoms with Crippen LogP contribution in [0.15, 0.2) is 35.5 Å². The van der Waals surface area contributed by atoms with Crippen LogP contribution in [-0.4, -0.2) is 28.9 Å². The minimum atomic E-state index is -0.117. The molecule has 5 rings (SSSR count). The fourth-order valence-corrected chi connectivity index (χ4v) is 3.70. The molecule has 2 unspecified atom stereocenters. The molecule has 7 nitrogen and oxygen atoms in total. The van der Waals surface area contributed by atoms with E-state index < -0.39 is 0 Å². The van der Waals surface area contributed by atoms with Crippen LogP contribution in [0.25, 0.3) is 22.4 Å². The molecule has 3 aromatic heterocycles. The lowest BCUT2D eigenvalue weighted by molar-refractivity contribution is 0.732. The van der Waals surface area contributed by atoms with Crippen molar-refractivity contribution in [3.05, 3.63) is 51.8 Å². The summed E-state index contributed by atoms with van der Waals surface area (Å²) in [5, 5.41) is 9.38. The second-order valence-corrected chi connectivity index (χ2v) is 7.11. The third-order valence-electron chi connectivity index (χ3n) is 5.06. The van der Waals surface area contributed by atoms with Gasteiger partial charge in [0.15, 0.2) is 11.5 Å². The van der Waals surface area contributed by atoms with Gasteiger partial charge in [-0.1, -0.05) is 23.7 Å². The molecule has 0 aliphatic heterocycles. The Morgan fingerprint density at radius 1 is 1.32 bits per heavy atom. The first-order valence-electron chi connectivity index (χ1n) is 8.12. The molecule has 25 heavy (non-hydrogen) atoms. The number of hydrogen-bond donors (Lipinski definition) is 0. The van der Waals surface area contributed by atoms with Crippen molar-refractivity contribution in [1.82, 2.24) is 28.9 Å². The fourth-order valence-electron chi connectivity index (χ4n) is 3.53. The second kappa shape index (κ2) is 4.92. The lowest BCUT2D eigenvalue weighted by Gasteiger charge is -2.09. The Labute approximate surface area is 147 Å². The van der Waals surface area contributed by atoms with Crippen LogP contribution in [0, 0.1) is 5.92 Å². The maximum atomic E-state index is 12.8. The molecule has 1 fully saturated rings. The number of aryl methyl sites for hydroxylation is 1. The molecule has 1 saturated carbocycles. The summed E-state index contributed by atoms with van der Waals surface area (Å²) in [6.07, 6.45) is 4.62. The minimum absolute atomic E-state index is 0.117. The topological polar surface area (TPSA) is 70.0 Å². The molecule has 0 bridgehead atoms. The van der Waals surface area contributed by atoms with Crippen molar-refractivity contribution in [2.75, 3.05) is 0 Å². The summed E-state index contributed by atoms with van der Waals surface area (Å²) in [7, 11) is 1.74. The minimum Gasteiger partial charge on any atom is -0.294 e. The Bertz CT molecular complexity index is 1200. The van der Waals surface area contributed by atoms with E-state index in [-0.39, 0.29) is 5.56 Å². The van der Waals surface area contributed by atoms with E-state index in [9.17, 15) is 4.79 Å². The summed E-state index contributed by atoms with van der Waals surface area (Å²) < 4.78 is 5.23. The third-order valence-corrected chi connectivity index (χ3v) is 5.30. The number of hydrogen-bond acceptors (Lipinski definition) is 4. The average molecular weight is 355 g/mol. The zero-order valence-electron chi connectivity index (χ0n) is 13.7. The van der Waals surface area contributed by atoms with Crippen molar-refractivity contribution in [2.45, 2.75) is 19.3 Å². The van der Waals surface area contributed by atoms with E-state index in [1.165, 1.54) is 0 Å². The molecular formula is C17H15ClN6O. The van der Waals surface area contributed by atoms with E-state index in [4.69, 9.17) is 11.6 Å². The highest BCUT2D eigenvalue weighted by Crippen LogP contribution is 2.47. The van der Waals surface area contributed by atoms with E-state index in [2.05, 4.69) is 22.2 Å². The van der Waals surface area contributed by atoms with Gasteiger partial charge in [0.25, 0.3) is 5.56 Å². The molecule has 1 aliphatic rings. The van der Waals surface area contributed by atoms with Crippen molar-refractivity contribution < 1.29 is 0 Å². The molecular weight excluding hydrogens is 340 g/mol. The van der Waals surface area contributed by atoms with Gasteiger partial charge in [0.05, 0.1) is 22.8 Å². The Kier molecular flexibility index (Phi) is 2.88. The van der Waals surface area contributed by atoms with Gasteiger partial charge in [-0.3, -0.25) is 13.8 Å². The normalized spacial score (nSPS) is 19.8. The molecule has 126 valence electrons. The standard InChI is InChI=1S/C17H15ClN6O/c1-9-5-11(9)14-7-20-21-24(14)15-16-22(2)17(25)12-6-10(18)3-4-13(12)23(16)8-19-15/h3-4,6-9,11H,5H2,1-2H3. The van der Waals surface area contributed by atoms with Gasteiger partial charge in [0.2, 0.25) is 0 Å². The van der Waals surface area contributed by atoms with E-state index >= 15 is 0 Å². The molecule has 0 N–H and O–H groups in total. The van der Waals surface area contributed by atoms with Crippen LogP contribution in [0.2, 0.25) is 5.02 Å². The van der Waals surface area contributed by atoms with Crippen LogP contribution < -0.4 is 5.56 Å². The number of imidazole rings is 1. The van der Waals surface area contributed by atoms with Crippen molar-refractivity contribution in [2.24, 2.45) is 13.0 Å². The number of benzene rings is 1. The zero-order valence-corrected chi connectivity index (χ0v) is 14.5. The molecule has 0 amide bonds. The van der Waals surface area contributed by atoms with Gasteiger partial charge < -0.3 is 0 Å². The van der Waals surface area contributed by atoms with Crippen LogP contribution in [0.4, 0.5) is 0 Å². The van der Waals surface area contributed by atoms with Crippen LogP contribution in [0.3, 0.4) is 0 Å². The van der Waals surface area contributed by atoms with E-state index in [0.29, 0.717) is 33.7 Å². The Morgan fingerprint density at radius 2 is 2.12 bits per heavy atom. The summed E-state index contributed by atoms with van der Waals surface area (Å²) >= 11 is 6.06. The molecule has 1 aliphatic carbocycles. The smallest absolute Gasteiger partial charge is 0.261 e. The van der Waals surface area contributed by atoms with Crippen LogP contribution >= 0.6 is 11.6 Å². The molecule has 0 saturated heterocycles. The van der Waals surface area contributed by atoms with E-state index in [0.717, 1.165) is 17.6 Å². The highest BCUT2D eigenvalue weighted by molar-refractivity contribution is 6.31. The van der Waals surface area contributed by atoms with Gasteiger partial charge in [0.1, 0.15) is 6.33 Å². The number of fused-ring (bicyclic) bond motifs is 3. The Morgan fingerprint density at radius 3 is 2.88 bits per heavy atom. The first-order chi connectivity index (χ1) is 12.1. The number of halogens is 1. The predicted molar refractivity (Wildman–Crippen MR) is 94.4 cm³/mol. The second-order valence-electron chi connectivity index (χ2n) is 6.68. The molecule has 1 aromatic carbocycles. The van der Waals surface area contributed by atoms with Crippen molar-refractivity contribution in [3.63, 3.8) is 0 Å². The number of aromatic nitrogens is 6. The van der Waals surface area contributed by atoms with E-state index in [1.807, 2.05) is 10.5 Å². The SMILES string of the molecule is CC1CC1c1cnnn1-c1ncn2c3ccc(Cl)cc3c(=O)n(C)c12. The van der Waals surface area contributed by atoms with Gasteiger partial charge in [-0.05, 0) is 30.5 Å². The Balaban J connectivity index is 1.85. The van der Waals surface area contributed by atoms with Crippen molar-refractivity contribution >= 4 is 28.2 Å². The lowest BCUT2D eigenvalue weighted by Crippen LogP contribution is -2.20. The molecule has 8 heteroatoms. The zero-order chi connectivity index (χ0) is 17.3. The van der Waals surface area contributed by atoms with Crippen LogP contribution in [0.1, 0.15) is 25.0 Å². The van der Waals surface area contributed by atoms with Crippen molar-refractivity contribution in [1.29, 1.82) is 0 Å². The number of nitrogens with zero attached hydrogens (tertiary/aromatic N) is 6. The summed E-state index contributed by atoms with van der Waals surface area (Å²) in [5.74, 6) is 1.68. The first-order valence-corrected chi connectivity index (χ1v) is 8.50. The summed E-state index contributed by atoms with van der Waals surface area (Å²) in [6, 6.07) is 5.29.